The predicted octanol–water partition coefficient (Wildman–Crippen LogP) is 3.76. The summed E-state index contributed by atoms with van der Waals surface area (Å²) in [5.74, 6) is 0.554. The van der Waals surface area contributed by atoms with Gasteiger partial charge in [0.25, 0.3) is 0 Å². The lowest BCUT2D eigenvalue weighted by molar-refractivity contribution is -0.141. The number of piperazine rings is 1. The van der Waals surface area contributed by atoms with Gasteiger partial charge in [-0.3, -0.25) is 4.79 Å². The maximum absolute atomic E-state index is 12.8. The van der Waals surface area contributed by atoms with Gasteiger partial charge in [-0.25, -0.2) is 4.98 Å². The SMILES string of the molecule is CC(C)NC1CCC(C(=O)N2CCN(c3cccc(C(F)(F)F)n3)CC2)C1.Cl.Cl. The van der Waals surface area contributed by atoms with Crippen molar-refractivity contribution in [1.82, 2.24) is 15.2 Å². The van der Waals surface area contributed by atoms with Gasteiger partial charge >= 0.3 is 6.18 Å². The Hall–Kier alpha value is -1.25. The summed E-state index contributed by atoms with van der Waals surface area (Å²) in [5.41, 5.74) is -0.881. The van der Waals surface area contributed by atoms with E-state index in [2.05, 4.69) is 24.1 Å². The molecule has 29 heavy (non-hydrogen) atoms. The van der Waals surface area contributed by atoms with E-state index >= 15 is 0 Å². The van der Waals surface area contributed by atoms with Crippen molar-refractivity contribution in [3.05, 3.63) is 23.9 Å². The molecule has 1 saturated heterocycles. The van der Waals surface area contributed by atoms with Gasteiger partial charge in [-0.2, -0.15) is 13.2 Å². The van der Waals surface area contributed by atoms with Crippen LogP contribution in [0.15, 0.2) is 18.2 Å². The van der Waals surface area contributed by atoms with Crippen LogP contribution in [-0.4, -0.2) is 54.1 Å². The summed E-state index contributed by atoms with van der Waals surface area (Å²) in [6.07, 6.45) is -1.66. The number of nitrogens with zero attached hydrogens (tertiary/aromatic N) is 3. The van der Waals surface area contributed by atoms with Gasteiger partial charge in [0, 0.05) is 44.2 Å². The Labute approximate surface area is 182 Å². The van der Waals surface area contributed by atoms with Crippen LogP contribution in [0, 0.1) is 5.92 Å². The summed E-state index contributed by atoms with van der Waals surface area (Å²) < 4.78 is 38.5. The fourth-order valence-corrected chi connectivity index (χ4v) is 4.00. The van der Waals surface area contributed by atoms with Crippen molar-refractivity contribution in [3.8, 4) is 0 Å². The molecule has 0 spiro atoms. The van der Waals surface area contributed by atoms with E-state index in [-0.39, 0.29) is 36.6 Å². The Bertz CT molecular complexity index is 667. The fourth-order valence-electron chi connectivity index (χ4n) is 4.00. The molecule has 0 bridgehead atoms. The molecule has 1 aromatic rings. The Kier molecular flexibility index (Phi) is 9.50. The third-order valence-corrected chi connectivity index (χ3v) is 5.29. The summed E-state index contributed by atoms with van der Waals surface area (Å²) in [4.78, 5) is 20.2. The van der Waals surface area contributed by atoms with Crippen LogP contribution in [0.5, 0.6) is 0 Å². The number of carbonyl (C=O) groups is 1. The minimum absolute atomic E-state index is 0. The summed E-state index contributed by atoms with van der Waals surface area (Å²) >= 11 is 0. The molecule has 1 N–H and O–H groups in total. The van der Waals surface area contributed by atoms with Gasteiger partial charge in [0.2, 0.25) is 5.91 Å². The van der Waals surface area contributed by atoms with Crippen LogP contribution in [0.3, 0.4) is 0 Å². The molecule has 2 unspecified atom stereocenters. The summed E-state index contributed by atoms with van der Waals surface area (Å²) in [6, 6.07) is 4.75. The maximum atomic E-state index is 12.8. The Morgan fingerprint density at radius 1 is 1.14 bits per heavy atom. The number of aromatic nitrogens is 1. The van der Waals surface area contributed by atoms with E-state index in [9.17, 15) is 18.0 Å². The van der Waals surface area contributed by atoms with Crippen LogP contribution in [0.2, 0.25) is 0 Å². The van der Waals surface area contributed by atoms with Crippen LogP contribution >= 0.6 is 24.8 Å². The first-order valence-electron chi connectivity index (χ1n) is 9.58. The van der Waals surface area contributed by atoms with E-state index in [0.29, 0.717) is 44.1 Å². The third-order valence-electron chi connectivity index (χ3n) is 5.29. The molecule has 1 aliphatic heterocycles. The highest BCUT2D eigenvalue weighted by Crippen LogP contribution is 2.30. The summed E-state index contributed by atoms with van der Waals surface area (Å²) in [5, 5.41) is 3.50. The van der Waals surface area contributed by atoms with E-state index in [1.807, 2.05) is 9.80 Å². The van der Waals surface area contributed by atoms with E-state index in [4.69, 9.17) is 0 Å². The number of amides is 1. The topological polar surface area (TPSA) is 48.5 Å². The fraction of sp³-hybridized carbons (Fsp3) is 0.684. The van der Waals surface area contributed by atoms with Gasteiger partial charge in [0.05, 0.1) is 0 Å². The zero-order chi connectivity index (χ0) is 19.6. The second kappa shape index (κ2) is 10.7. The monoisotopic (exact) mass is 456 g/mol. The average molecular weight is 457 g/mol. The lowest BCUT2D eigenvalue weighted by Gasteiger charge is -2.36. The largest absolute Gasteiger partial charge is 0.433 e. The number of halogens is 5. The number of alkyl halides is 3. The van der Waals surface area contributed by atoms with Crippen molar-refractivity contribution in [2.24, 2.45) is 5.92 Å². The van der Waals surface area contributed by atoms with Crippen LogP contribution in [0.1, 0.15) is 38.8 Å². The molecule has 166 valence electrons. The number of carbonyl (C=O) groups excluding carboxylic acids is 1. The van der Waals surface area contributed by atoms with Gasteiger partial charge in [-0.05, 0) is 31.4 Å². The molecule has 3 rings (SSSR count). The van der Waals surface area contributed by atoms with Crippen molar-refractivity contribution in [2.45, 2.75) is 51.4 Å². The standard InChI is InChI=1S/C19H27F3N4O.2ClH/c1-13(2)23-15-7-6-14(12-15)18(27)26-10-8-25(9-11-26)17-5-3-4-16(24-17)19(20,21)22;;/h3-5,13-15,23H,6-12H2,1-2H3;2*1H. The third kappa shape index (κ3) is 6.62. The Morgan fingerprint density at radius 2 is 1.79 bits per heavy atom. The minimum atomic E-state index is -4.45. The smallest absolute Gasteiger partial charge is 0.353 e. The average Bonchev–Trinajstić information content (AvgIpc) is 3.08. The first-order chi connectivity index (χ1) is 12.7. The normalized spacial score (nSPS) is 22.3. The number of hydrogen-bond acceptors (Lipinski definition) is 4. The van der Waals surface area contributed by atoms with E-state index in [1.54, 1.807) is 6.07 Å². The van der Waals surface area contributed by atoms with Crippen LogP contribution in [-0.2, 0) is 11.0 Å². The highest BCUT2D eigenvalue weighted by molar-refractivity contribution is 5.85. The highest BCUT2D eigenvalue weighted by Gasteiger charge is 2.35. The Morgan fingerprint density at radius 3 is 2.38 bits per heavy atom. The summed E-state index contributed by atoms with van der Waals surface area (Å²) in [7, 11) is 0. The van der Waals surface area contributed by atoms with Crippen molar-refractivity contribution >= 4 is 36.5 Å². The zero-order valence-corrected chi connectivity index (χ0v) is 18.2. The van der Waals surface area contributed by atoms with Crippen molar-refractivity contribution < 1.29 is 18.0 Å². The molecular weight excluding hydrogens is 428 g/mol. The molecule has 5 nitrogen and oxygen atoms in total. The molecule has 2 atom stereocenters. The highest BCUT2D eigenvalue weighted by atomic mass is 35.5. The lowest BCUT2D eigenvalue weighted by atomic mass is 10.1. The molecule has 2 fully saturated rings. The lowest BCUT2D eigenvalue weighted by Crippen LogP contribution is -2.50. The molecule has 1 aliphatic carbocycles. The van der Waals surface area contributed by atoms with Crippen LogP contribution in [0.25, 0.3) is 0 Å². The molecule has 1 saturated carbocycles. The molecule has 1 amide bonds. The molecule has 0 aromatic carbocycles. The quantitative estimate of drug-likeness (QED) is 0.748. The van der Waals surface area contributed by atoms with Crippen molar-refractivity contribution in [2.75, 3.05) is 31.1 Å². The van der Waals surface area contributed by atoms with E-state index in [1.165, 1.54) is 6.07 Å². The van der Waals surface area contributed by atoms with Gasteiger partial charge in [0.1, 0.15) is 11.5 Å². The molecule has 1 aromatic heterocycles. The number of rotatable bonds is 4. The predicted molar refractivity (Wildman–Crippen MR) is 112 cm³/mol. The zero-order valence-electron chi connectivity index (χ0n) is 16.6. The molecule has 10 heteroatoms. The molecule has 2 aliphatic rings. The van der Waals surface area contributed by atoms with Gasteiger partial charge in [0.15, 0.2) is 0 Å². The van der Waals surface area contributed by atoms with Gasteiger partial charge in [-0.1, -0.05) is 19.9 Å². The first-order valence-corrected chi connectivity index (χ1v) is 9.58. The number of hydrogen-bond donors (Lipinski definition) is 1. The van der Waals surface area contributed by atoms with E-state index in [0.717, 1.165) is 25.3 Å². The number of nitrogens with one attached hydrogen (secondary N) is 1. The summed E-state index contributed by atoms with van der Waals surface area (Å²) in [6.45, 7) is 6.26. The molecule has 2 heterocycles. The van der Waals surface area contributed by atoms with Crippen LogP contribution < -0.4 is 10.2 Å². The Balaban J connectivity index is 0.00000210. The van der Waals surface area contributed by atoms with Gasteiger partial charge in [-0.15, -0.1) is 24.8 Å². The second-order valence-electron chi connectivity index (χ2n) is 7.72. The molecular formula is C19H29Cl2F3N4O. The van der Waals surface area contributed by atoms with E-state index < -0.39 is 11.9 Å². The number of anilines is 1. The van der Waals surface area contributed by atoms with Gasteiger partial charge < -0.3 is 15.1 Å². The van der Waals surface area contributed by atoms with Crippen molar-refractivity contribution in [3.63, 3.8) is 0 Å². The minimum Gasteiger partial charge on any atom is -0.353 e. The van der Waals surface area contributed by atoms with Crippen molar-refractivity contribution in [1.29, 1.82) is 0 Å². The molecule has 0 radical (unpaired) electrons. The van der Waals surface area contributed by atoms with Crippen LogP contribution in [0.4, 0.5) is 19.0 Å². The number of pyridine rings is 1. The maximum Gasteiger partial charge on any atom is 0.433 e. The second-order valence-corrected chi connectivity index (χ2v) is 7.72. The first kappa shape index (κ1) is 25.8.